The molecule has 1 aliphatic rings. The molecule has 3 rings (SSSR count). The Morgan fingerprint density at radius 1 is 1.17 bits per heavy atom. The minimum atomic E-state index is -1.02. The van der Waals surface area contributed by atoms with E-state index >= 15 is 0 Å². The Hall–Kier alpha value is -2.41. The molecule has 2 amide bonds. The van der Waals surface area contributed by atoms with E-state index in [9.17, 15) is 18.4 Å². The number of amides is 2. The zero-order valence-electron chi connectivity index (χ0n) is 11.9. The minimum Gasteiger partial charge on any atom is -0.326 e. The number of carbonyl (C=O) groups excluding carboxylic acids is 2. The number of nitrogens with one attached hydrogen (secondary N) is 2. The normalized spacial score (nSPS) is 13.2. The summed E-state index contributed by atoms with van der Waals surface area (Å²) in [4.78, 5) is 24.3. The van der Waals surface area contributed by atoms with Crippen molar-refractivity contribution in [2.45, 2.75) is 11.3 Å². The highest BCUT2D eigenvalue weighted by atomic mass is 32.2. The maximum Gasteiger partial charge on any atom is 0.234 e. The van der Waals surface area contributed by atoms with Gasteiger partial charge in [-0.1, -0.05) is 6.07 Å². The van der Waals surface area contributed by atoms with Crippen LogP contribution in [0.25, 0.3) is 0 Å². The standard InChI is InChI=1S/C16H12F2N2O2S/c17-11-3-2-10(7-12(11)18)19-15(21)6-9-1-4-14-13(5-9)20-16(22)8-23-14/h1-5,7H,6,8H2,(H,19,21)(H,20,22). The molecule has 1 heterocycles. The first kappa shape index (κ1) is 15.5. The zero-order valence-corrected chi connectivity index (χ0v) is 12.7. The van der Waals surface area contributed by atoms with Crippen LogP contribution in [0, 0.1) is 11.6 Å². The van der Waals surface area contributed by atoms with E-state index < -0.39 is 11.6 Å². The third-order valence-electron chi connectivity index (χ3n) is 3.24. The Bertz CT molecular complexity index is 796. The molecule has 1 aliphatic heterocycles. The van der Waals surface area contributed by atoms with Crippen molar-refractivity contribution in [3.8, 4) is 0 Å². The van der Waals surface area contributed by atoms with Crippen molar-refractivity contribution in [3.05, 3.63) is 53.6 Å². The van der Waals surface area contributed by atoms with Crippen LogP contribution in [-0.2, 0) is 16.0 Å². The molecule has 0 unspecified atom stereocenters. The topological polar surface area (TPSA) is 58.2 Å². The number of carbonyl (C=O) groups is 2. The quantitative estimate of drug-likeness (QED) is 0.906. The van der Waals surface area contributed by atoms with E-state index in [2.05, 4.69) is 10.6 Å². The van der Waals surface area contributed by atoms with Crippen LogP contribution >= 0.6 is 11.8 Å². The second-order valence-electron chi connectivity index (χ2n) is 5.02. The van der Waals surface area contributed by atoms with Gasteiger partial charge in [0.15, 0.2) is 11.6 Å². The maximum atomic E-state index is 13.1. The predicted molar refractivity (Wildman–Crippen MR) is 84.5 cm³/mol. The van der Waals surface area contributed by atoms with E-state index in [0.717, 1.165) is 17.0 Å². The number of hydrogen-bond donors (Lipinski definition) is 2. The van der Waals surface area contributed by atoms with Crippen molar-refractivity contribution in [1.29, 1.82) is 0 Å². The highest BCUT2D eigenvalue weighted by Gasteiger charge is 2.16. The summed E-state index contributed by atoms with van der Waals surface area (Å²) in [5.41, 5.74) is 1.59. The molecule has 0 atom stereocenters. The van der Waals surface area contributed by atoms with Gasteiger partial charge in [0.2, 0.25) is 11.8 Å². The van der Waals surface area contributed by atoms with Crippen LogP contribution in [-0.4, -0.2) is 17.6 Å². The summed E-state index contributed by atoms with van der Waals surface area (Å²) in [5, 5.41) is 5.26. The van der Waals surface area contributed by atoms with Crippen LogP contribution < -0.4 is 10.6 Å². The van der Waals surface area contributed by atoms with Gasteiger partial charge < -0.3 is 10.6 Å². The Morgan fingerprint density at radius 2 is 2.00 bits per heavy atom. The van der Waals surface area contributed by atoms with E-state index in [1.165, 1.54) is 17.8 Å². The Labute approximate surface area is 135 Å². The molecule has 0 saturated heterocycles. The Morgan fingerprint density at radius 3 is 2.78 bits per heavy atom. The average Bonchev–Trinajstić information content (AvgIpc) is 2.50. The van der Waals surface area contributed by atoms with E-state index in [1.54, 1.807) is 12.1 Å². The van der Waals surface area contributed by atoms with Crippen LogP contribution in [0.15, 0.2) is 41.3 Å². The molecule has 0 radical (unpaired) electrons. The van der Waals surface area contributed by atoms with Crippen LogP contribution in [0.5, 0.6) is 0 Å². The molecule has 23 heavy (non-hydrogen) atoms. The Kier molecular flexibility index (Phi) is 4.29. The van der Waals surface area contributed by atoms with E-state index in [1.807, 2.05) is 6.07 Å². The monoisotopic (exact) mass is 334 g/mol. The number of hydrogen-bond acceptors (Lipinski definition) is 3. The van der Waals surface area contributed by atoms with Gasteiger partial charge in [-0.2, -0.15) is 0 Å². The summed E-state index contributed by atoms with van der Waals surface area (Å²) < 4.78 is 26.0. The van der Waals surface area contributed by atoms with Gasteiger partial charge in [0.05, 0.1) is 17.9 Å². The van der Waals surface area contributed by atoms with Gasteiger partial charge in [0, 0.05) is 16.6 Å². The first-order chi connectivity index (χ1) is 11.0. The summed E-state index contributed by atoms with van der Waals surface area (Å²) in [7, 11) is 0. The van der Waals surface area contributed by atoms with E-state index in [-0.39, 0.29) is 23.9 Å². The smallest absolute Gasteiger partial charge is 0.234 e. The summed E-state index contributed by atoms with van der Waals surface area (Å²) in [5.74, 6) is -2.04. The van der Waals surface area contributed by atoms with Gasteiger partial charge in [-0.3, -0.25) is 9.59 Å². The fourth-order valence-corrected chi connectivity index (χ4v) is 2.99. The molecular weight excluding hydrogens is 322 g/mol. The van der Waals surface area contributed by atoms with Crippen molar-refractivity contribution >= 4 is 35.0 Å². The fourth-order valence-electron chi connectivity index (χ4n) is 2.20. The minimum absolute atomic E-state index is 0.0623. The number of thioether (sulfide) groups is 1. The van der Waals surface area contributed by atoms with Crippen molar-refractivity contribution < 1.29 is 18.4 Å². The SMILES string of the molecule is O=C(Cc1ccc2c(c1)NC(=O)CS2)Nc1ccc(F)c(F)c1. The third kappa shape index (κ3) is 3.68. The van der Waals surface area contributed by atoms with Crippen LogP contribution in [0.1, 0.15) is 5.56 Å². The third-order valence-corrected chi connectivity index (χ3v) is 4.32. The van der Waals surface area contributed by atoms with E-state index in [0.29, 0.717) is 17.0 Å². The molecule has 0 fully saturated rings. The number of anilines is 2. The number of rotatable bonds is 3. The molecule has 2 N–H and O–H groups in total. The fraction of sp³-hybridized carbons (Fsp3) is 0.125. The molecule has 2 aromatic rings. The molecule has 0 aliphatic carbocycles. The van der Waals surface area contributed by atoms with Gasteiger partial charge in [-0.15, -0.1) is 11.8 Å². The molecule has 0 spiro atoms. The molecule has 118 valence electrons. The van der Waals surface area contributed by atoms with Gasteiger partial charge in [-0.05, 0) is 29.8 Å². The lowest BCUT2D eigenvalue weighted by Gasteiger charge is -2.17. The van der Waals surface area contributed by atoms with Gasteiger partial charge in [0.25, 0.3) is 0 Å². The second kappa shape index (κ2) is 6.37. The van der Waals surface area contributed by atoms with Crippen LogP contribution in [0.4, 0.5) is 20.2 Å². The van der Waals surface area contributed by atoms with Crippen molar-refractivity contribution in [2.24, 2.45) is 0 Å². The second-order valence-corrected chi connectivity index (χ2v) is 6.04. The lowest BCUT2D eigenvalue weighted by molar-refractivity contribution is -0.115. The molecular formula is C16H12F2N2O2S. The molecule has 2 aromatic carbocycles. The molecule has 0 saturated carbocycles. The lowest BCUT2D eigenvalue weighted by atomic mass is 10.1. The number of benzene rings is 2. The summed E-state index contributed by atoms with van der Waals surface area (Å²) in [6.07, 6.45) is 0.0623. The average molecular weight is 334 g/mol. The van der Waals surface area contributed by atoms with Crippen LogP contribution in [0.3, 0.4) is 0 Å². The highest BCUT2D eigenvalue weighted by molar-refractivity contribution is 8.00. The summed E-state index contributed by atoms with van der Waals surface area (Å²) in [6.45, 7) is 0. The zero-order chi connectivity index (χ0) is 16.4. The number of halogens is 2. The summed E-state index contributed by atoms with van der Waals surface area (Å²) >= 11 is 1.44. The molecule has 0 aromatic heterocycles. The molecule has 0 bridgehead atoms. The van der Waals surface area contributed by atoms with Crippen molar-refractivity contribution in [3.63, 3.8) is 0 Å². The van der Waals surface area contributed by atoms with Gasteiger partial charge in [0.1, 0.15) is 0 Å². The highest BCUT2D eigenvalue weighted by Crippen LogP contribution is 2.32. The molecule has 4 nitrogen and oxygen atoms in total. The summed E-state index contributed by atoms with van der Waals surface area (Å²) in [6, 6.07) is 8.56. The van der Waals surface area contributed by atoms with Crippen molar-refractivity contribution in [1.82, 2.24) is 0 Å². The first-order valence-electron chi connectivity index (χ1n) is 6.82. The van der Waals surface area contributed by atoms with E-state index in [4.69, 9.17) is 0 Å². The molecule has 7 heteroatoms. The first-order valence-corrected chi connectivity index (χ1v) is 7.80. The predicted octanol–water partition coefficient (Wildman–Crippen LogP) is 3.19. The van der Waals surface area contributed by atoms with Gasteiger partial charge >= 0.3 is 0 Å². The van der Waals surface area contributed by atoms with Crippen LogP contribution in [0.2, 0.25) is 0 Å². The largest absolute Gasteiger partial charge is 0.326 e. The maximum absolute atomic E-state index is 13.1. The van der Waals surface area contributed by atoms with Gasteiger partial charge in [-0.25, -0.2) is 8.78 Å². The number of fused-ring (bicyclic) bond motifs is 1. The Balaban J connectivity index is 1.69. The van der Waals surface area contributed by atoms with Crippen molar-refractivity contribution in [2.75, 3.05) is 16.4 Å². The lowest BCUT2D eigenvalue weighted by Crippen LogP contribution is -2.19.